The van der Waals surface area contributed by atoms with Crippen LogP contribution in [-0.4, -0.2) is 0 Å². The Balaban J connectivity index is 1.06. The minimum atomic E-state index is 0.871. The molecule has 258 valence electrons. The quantitative estimate of drug-likeness (QED) is 0.173. The summed E-state index contributed by atoms with van der Waals surface area (Å²) in [5.41, 5.74) is 13.7. The number of furan rings is 2. The van der Waals surface area contributed by atoms with Crippen molar-refractivity contribution < 1.29 is 8.83 Å². The highest BCUT2D eigenvalue weighted by Crippen LogP contribution is 2.45. The van der Waals surface area contributed by atoms with Crippen LogP contribution in [0.4, 0.5) is 17.1 Å². The highest BCUT2D eigenvalue weighted by atomic mass is 16.3. The molecule has 0 N–H and O–H groups in total. The van der Waals surface area contributed by atoms with Crippen molar-refractivity contribution in [3.63, 3.8) is 0 Å². The summed E-state index contributed by atoms with van der Waals surface area (Å²) in [6.45, 7) is 0. The number of anilines is 3. The molecule has 0 aliphatic rings. The number of rotatable bonds is 6. The summed E-state index contributed by atoms with van der Waals surface area (Å²) in [6, 6.07) is 70.8. The molecule has 3 heteroatoms. The summed E-state index contributed by atoms with van der Waals surface area (Å²) < 4.78 is 13.2. The van der Waals surface area contributed by atoms with E-state index in [4.69, 9.17) is 8.83 Å². The first-order valence-corrected chi connectivity index (χ1v) is 18.7. The normalized spacial score (nSPS) is 11.6. The molecule has 0 saturated carbocycles. The van der Waals surface area contributed by atoms with Gasteiger partial charge in [0, 0.05) is 38.5 Å². The minimum Gasteiger partial charge on any atom is -0.456 e. The zero-order chi connectivity index (χ0) is 36.3. The number of hydrogen-bond donors (Lipinski definition) is 0. The predicted molar refractivity (Wildman–Crippen MR) is 229 cm³/mol. The maximum atomic E-state index is 6.88. The Bertz CT molecular complexity index is 3190. The van der Waals surface area contributed by atoms with Gasteiger partial charge in [-0.1, -0.05) is 146 Å². The van der Waals surface area contributed by atoms with Gasteiger partial charge in [-0.2, -0.15) is 0 Å². The molecule has 0 fully saturated rings. The lowest BCUT2D eigenvalue weighted by Crippen LogP contribution is -2.10. The van der Waals surface area contributed by atoms with Gasteiger partial charge >= 0.3 is 0 Å². The lowest BCUT2D eigenvalue weighted by Gasteiger charge is -2.26. The molecule has 2 heterocycles. The zero-order valence-corrected chi connectivity index (χ0v) is 29.8. The molecule has 0 saturated heterocycles. The molecule has 2 aromatic heterocycles. The summed E-state index contributed by atoms with van der Waals surface area (Å²) in [5, 5.41) is 6.67. The number of hydrogen-bond acceptors (Lipinski definition) is 3. The van der Waals surface area contributed by atoms with Gasteiger partial charge in [0.2, 0.25) is 0 Å². The monoisotopic (exact) mass is 703 g/mol. The number of fused-ring (bicyclic) bond motifs is 8. The molecule has 9 aromatic carbocycles. The third kappa shape index (κ3) is 5.13. The van der Waals surface area contributed by atoms with Crippen molar-refractivity contribution in [2.24, 2.45) is 0 Å². The van der Waals surface area contributed by atoms with Gasteiger partial charge in [-0.3, -0.25) is 0 Å². The summed E-state index contributed by atoms with van der Waals surface area (Å²) >= 11 is 0. The van der Waals surface area contributed by atoms with Crippen molar-refractivity contribution >= 4 is 71.7 Å². The van der Waals surface area contributed by atoms with Crippen molar-refractivity contribution in [3.8, 4) is 33.4 Å². The van der Waals surface area contributed by atoms with Gasteiger partial charge in [0.25, 0.3) is 0 Å². The van der Waals surface area contributed by atoms with E-state index in [-0.39, 0.29) is 0 Å². The van der Waals surface area contributed by atoms with E-state index in [1.807, 2.05) is 12.1 Å². The Morgan fingerprint density at radius 3 is 1.75 bits per heavy atom. The Morgan fingerprint density at radius 2 is 0.909 bits per heavy atom. The van der Waals surface area contributed by atoms with Gasteiger partial charge in [0.15, 0.2) is 0 Å². The average Bonchev–Trinajstić information content (AvgIpc) is 3.84. The summed E-state index contributed by atoms with van der Waals surface area (Å²) in [4.78, 5) is 2.33. The Morgan fingerprint density at radius 1 is 0.309 bits per heavy atom. The van der Waals surface area contributed by atoms with Gasteiger partial charge in [-0.15, -0.1) is 0 Å². The highest BCUT2D eigenvalue weighted by Gasteiger charge is 2.21. The van der Waals surface area contributed by atoms with E-state index in [0.29, 0.717) is 0 Å². The SMILES string of the molecule is c1ccc(-c2cccc(-c3cccc4c3oc3c5ccccc5c(-c5ccc(N(c6ccccc6)c6cccc7oc8ccccc8c67)cc5)cc43)c2)cc1. The highest BCUT2D eigenvalue weighted by molar-refractivity contribution is 6.21. The predicted octanol–water partition coefficient (Wildman–Crippen LogP) is 15.1. The van der Waals surface area contributed by atoms with Gasteiger partial charge in [-0.25, -0.2) is 0 Å². The van der Waals surface area contributed by atoms with E-state index in [2.05, 4.69) is 193 Å². The number of nitrogens with zero attached hydrogens (tertiary/aromatic N) is 1. The fourth-order valence-electron chi connectivity index (χ4n) is 8.32. The van der Waals surface area contributed by atoms with E-state index in [9.17, 15) is 0 Å². The van der Waals surface area contributed by atoms with E-state index in [1.54, 1.807) is 0 Å². The molecule has 0 aliphatic heterocycles. The maximum absolute atomic E-state index is 6.88. The minimum absolute atomic E-state index is 0.871. The molecule has 0 unspecified atom stereocenters. The molecule has 0 aliphatic carbocycles. The lowest BCUT2D eigenvalue weighted by molar-refractivity contribution is 0.669. The summed E-state index contributed by atoms with van der Waals surface area (Å²) in [7, 11) is 0. The van der Waals surface area contributed by atoms with Crippen LogP contribution in [0.3, 0.4) is 0 Å². The third-order valence-electron chi connectivity index (χ3n) is 10.9. The smallest absolute Gasteiger partial charge is 0.143 e. The standard InChI is InChI=1S/C52H33NO2/c1-3-14-34(15-4-1)36-16-11-17-37(32-36)40-23-12-24-43-46-33-45(41-20-7-8-21-42(41)52(46)55-51(40)43)35-28-30-39(31-29-35)53(38-18-5-2-6-19-38)47-25-13-27-49-50(47)44-22-9-10-26-48(44)54-49/h1-33H. The van der Waals surface area contributed by atoms with E-state index < -0.39 is 0 Å². The van der Waals surface area contributed by atoms with Crippen molar-refractivity contribution in [1.29, 1.82) is 0 Å². The largest absolute Gasteiger partial charge is 0.456 e. The molecule has 3 nitrogen and oxygen atoms in total. The summed E-state index contributed by atoms with van der Waals surface area (Å²) in [6.07, 6.45) is 0. The van der Waals surface area contributed by atoms with E-state index in [1.165, 1.54) is 16.7 Å². The second-order valence-electron chi connectivity index (χ2n) is 14.0. The summed E-state index contributed by atoms with van der Waals surface area (Å²) in [5.74, 6) is 0. The van der Waals surface area contributed by atoms with Crippen LogP contribution in [0.5, 0.6) is 0 Å². The third-order valence-corrected chi connectivity index (χ3v) is 10.9. The van der Waals surface area contributed by atoms with Crippen molar-refractivity contribution in [2.75, 3.05) is 4.90 Å². The van der Waals surface area contributed by atoms with Gasteiger partial charge in [0.1, 0.15) is 22.3 Å². The van der Waals surface area contributed by atoms with Gasteiger partial charge in [0.05, 0.1) is 11.1 Å². The Hall–Kier alpha value is -7.36. The van der Waals surface area contributed by atoms with E-state index in [0.717, 1.165) is 88.4 Å². The molecule has 0 spiro atoms. The average molecular weight is 704 g/mol. The fraction of sp³-hybridized carbons (Fsp3) is 0. The van der Waals surface area contributed by atoms with Crippen LogP contribution in [0.1, 0.15) is 0 Å². The molecule has 11 aromatic rings. The van der Waals surface area contributed by atoms with Crippen molar-refractivity contribution in [3.05, 3.63) is 200 Å². The number of para-hydroxylation sites is 3. The second-order valence-corrected chi connectivity index (χ2v) is 14.0. The van der Waals surface area contributed by atoms with Gasteiger partial charge < -0.3 is 13.7 Å². The maximum Gasteiger partial charge on any atom is 0.143 e. The molecular weight excluding hydrogens is 671 g/mol. The van der Waals surface area contributed by atoms with Crippen LogP contribution in [0.15, 0.2) is 209 Å². The second kappa shape index (κ2) is 12.6. The molecule has 0 atom stereocenters. The fourth-order valence-corrected chi connectivity index (χ4v) is 8.32. The Labute approximate surface area is 317 Å². The van der Waals surface area contributed by atoms with Crippen molar-refractivity contribution in [2.45, 2.75) is 0 Å². The molecule has 55 heavy (non-hydrogen) atoms. The Kier molecular flexibility index (Phi) is 7.17. The van der Waals surface area contributed by atoms with Crippen LogP contribution in [0.25, 0.3) is 88.0 Å². The number of benzene rings is 9. The first-order chi connectivity index (χ1) is 27.3. The zero-order valence-electron chi connectivity index (χ0n) is 29.8. The first-order valence-electron chi connectivity index (χ1n) is 18.7. The first kappa shape index (κ1) is 31.2. The van der Waals surface area contributed by atoms with E-state index >= 15 is 0 Å². The van der Waals surface area contributed by atoms with Crippen LogP contribution < -0.4 is 4.90 Å². The molecular formula is C52H33NO2. The molecule has 0 bridgehead atoms. The van der Waals surface area contributed by atoms with Gasteiger partial charge in [-0.05, 0) is 87.8 Å². The van der Waals surface area contributed by atoms with Crippen LogP contribution in [0, 0.1) is 0 Å². The van der Waals surface area contributed by atoms with Crippen LogP contribution in [0.2, 0.25) is 0 Å². The van der Waals surface area contributed by atoms with Crippen LogP contribution >= 0.6 is 0 Å². The van der Waals surface area contributed by atoms with Crippen molar-refractivity contribution in [1.82, 2.24) is 0 Å². The van der Waals surface area contributed by atoms with Crippen LogP contribution in [-0.2, 0) is 0 Å². The molecule has 0 amide bonds. The topological polar surface area (TPSA) is 29.5 Å². The lowest BCUT2D eigenvalue weighted by atomic mass is 9.94. The molecule has 0 radical (unpaired) electrons. The molecule has 11 rings (SSSR count).